The molecule has 2 heteroatoms. The Morgan fingerprint density at radius 2 is 1.75 bits per heavy atom. The fourth-order valence-corrected chi connectivity index (χ4v) is 3.13. The van der Waals surface area contributed by atoms with Gasteiger partial charge in [-0.3, -0.25) is 0 Å². The number of ether oxygens (including phenoxy) is 1. The van der Waals surface area contributed by atoms with Gasteiger partial charge in [-0.25, -0.2) is 0 Å². The lowest BCUT2D eigenvalue weighted by molar-refractivity contribution is 0.381. The first kappa shape index (κ1) is 13.2. The fraction of sp³-hybridized carbons (Fsp3) is 0.333. The average Bonchev–Trinajstić information content (AvgIpc) is 2.54. The molecule has 2 N–H and O–H groups in total. The highest BCUT2D eigenvalue weighted by atomic mass is 16.5. The Balaban J connectivity index is 1.76. The number of hydrogen-bond donors (Lipinski definition) is 1. The van der Waals surface area contributed by atoms with Gasteiger partial charge in [-0.15, -0.1) is 0 Å². The Morgan fingerprint density at radius 1 is 1.05 bits per heavy atom. The summed E-state index contributed by atoms with van der Waals surface area (Å²) < 4.78 is 5.20. The second kappa shape index (κ2) is 5.68. The van der Waals surface area contributed by atoms with Crippen molar-refractivity contribution in [3.63, 3.8) is 0 Å². The zero-order valence-corrected chi connectivity index (χ0v) is 11.9. The second-order valence-corrected chi connectivity index (χ2v) is 5.57. The van der Waals surface area contributed by atoms with Crippen molar-refractivity contribution in [1.82, 2.24) is 0 Å². The number of fused-ring (bicyclic) bond motifs is 1. The minimum atomic E-state index is 0.106. The molecule has 0 bridgehead atoms. The first-order chi connectivity index (χ1) is 9.78. The maximum absolute atomic E-state index is 6.48. The third-order valence-electron chi connectivity index (χ3n) is 4.39. The zero-order chi connectivity index (χ0) is 13.9. The Kier molecular flexibility index (Phi) is 3.75. The van der Waals surface area contributed by atoms with Gasteiger partial charge in [0.1, 0.15) is 5.75 Å². The predicted molar refractivity (Wildman–Crippen MR) is 81.9 cm³/mol. The summed E-state index contributed by atoms with van der Waals surface area (Å²) >= 11 is 0. The first-order valence-corrected chi connectivity index (χ1v) is 7.24. The van der Waals surface area contributed by atoms with Gasteiger partial charge >= 0.3 is 0 Å². The van der Waals surface area contributed by atoms with E-state index in [1.165, 1.54) is 23.1 Å². The van der Waals surface area contributed by atoms with Crippen LogP contribution >= 0.6 is 0 Å². The maximum atomic E-state index is 6.48. The van der Waals surface area contributed by atoms with Gasteiger partial charge in [0.15, 0.2) is 0 Å². The molecule has 1 aliphatic rings. The Hall–Kier alpha value is -1.80. The van der Waals surface area contributed by atoms with E-state index in [1.807, 2.05) is 12.1 Å². The third-order valence-corrected chi connectivity index (χ3v) is 4.39. The predicted octanol–water partition coefficient (Wildman–Crippen LogP) is 3.50. The SMILES string of the molecule is COc1ccc(C(N)C2CCc3ccccc3C2)cc1. The number of methoxy groups -OCH3 is 1. The van der Waals surface area contributed by atoms with Crippen LogP contribution in [0.1, 0.15) is 29.2 Å². The molecule has 1 aliphatic carbocycles. The van der Waals surface area contributed by atoms with Crippen LogP contribution in [0.4, 0.5) is 0 Å². The Labute approximate surface area is 120 Å². The van der Waals surface area contributed by atoms with Crippen molar-refractivity contribution < 1.29 is 4.74 Å². The summed E-state index contributed by atoms with van der Waals surface area (Å²) in [6, 6.07) is 17.0. The van der Waals surface area contributed by atoms with Crippen LogP contribution in [0, 0.1) is 5.92 Å². The molecule has 0 aromatic heterocycles. The molecule has 2 aromatic rings. The molecule has 104 valence electrons. The number of rotatable bonds is 3. The van der Waals surface area contributed by atoms with Crippen molar-refractivity contribution in [1.29, 1.82) is 0 Å². The van der Waals surface area contributed by atoms with Crippen molar-refractivity contribution in [2.75, 3.05) is 7.11 Å². The third kappa shape index (κ3) is 2.56. The van der Waals surface area contributed by atoms with Crippen LogP contribution in [0.2, 0.25) is 0 Å². The molecule has 2 aromatic carbocycles. The normalized spacial score (nSPS) is 19.2. The minimum absolute atomic E-state index is 0.106. The van der Waals surface area contributed by atoms with Crippen LogP contribution in [0.15, 0.2) is 48.5 Å². The van der Waals surface area contributed by atoms with Gasteiger partial charge in [0.25, 0.3) is 0 Å². The standard InChI is InChI=1S/C18H21NO/c1-20-17-10-8-14(9-11-17)18(19)16-7-6-13-4-2-3-5-15(13)12-16/h2-5,8-11,16,18H,6-7,12,19H2,1H3. The Bertz CT molecular complexity index is 576. The molecule has 3 rings (SSSR count). The fourth-order valence-electron chi connectivity index (χ4n) is 3.13. The minimum Gasteiger partial charge on any atom is -0.497 e. The van der Waals surface area contributed by atoms with Crippen molar-refractivity contribution in [3.05, 3.63) is 65.2 Å². The summed E-state index contributed by atoms with van der Waals surface area (Å²) in [5.74, 6) is 1.41. The van der Waals surface area contributed by atoms with E-state index < -0.39 is 0 Å². The van der Waals surface area contributed by atoms with E-state index >= 15 is 0 Å². The number of benzene rings is 2. The van der Waals surface area contributed by atoms with E-state index in [1.54, 1.807) is 7.11 Å². The summed E-state index contributed by atoms with van der Waals surface area (Å²) in [6.45, 7) is 0. The van der Waals surface area contributed by atoms with Gasteiger partial charge in [-0.2, -0.15) is 0 Å². The quantitative estimate of drug-likeness (QED) is 0.923. The maximum Gasteiger partial charge on any atom is 0.118 e. The number of aryl methyl sites for hydroxylation is 1. The van der Waals surface area contributed by atoms with E-state index in [4.69, 9.17) is 10.5 Å². The summed E-state index contributed by atoms with van der Waals surface area (Å²) in [5, 5.41) is 0. The summed E-state index contributed by atoms with van der Waals surface area (Å²) in [5.41, 5.74) is 10.6. The lowest BCUT2D eigenvalue weighted by atomic mass is 9.78. The summed E-state index contributed by atoms with van der Waals surface area (Å²) in [6.07, 6.45) is 3.40. The van der Waals surface area contributed by atoms with E-state index in [2.05, 4.69) is 36.4 Å². The van der Waals surface area contributed by atoms with Gasteiger partial charge in [-0.1, -0.05) is 36.4 Å². The highest BCUT2D eigenvalue weighted by Crippen LogP contribution is 2.33. The second-order valence-electron chi connectivity index (χ2n) is 5.57. The highest BCUT2D eigenvalue weighted by molar-refractivity contribution is 5.33. The molecule has 0 heterocycles. The summed E-state index contributed by atoms with van der Waals surface area (Å²) in [7, 11) is 1.69. The van der Waals surface area contributed by atoms with Crippen LogP contribution < -0.4 is 10.5 Å². The van der Waals surface area contributed by atoms with Crippen LogP contribution in [-0.2, 0) is 12.8 Å². The summed E-state index contributed by atoms with van der Waals surface area (Å²) in [4.78, 5) is 0. The van der Waals surface area contributed by atoms with Crippen molar-refractivity contribution in [2.24, 2.45) is 11.7 Å². The van der Waals surface area contributed by atoms with Crippen LogP contribution in [0.25, 0.3) is 0 Å². The van der Waals surface area contributed by atoms with Gasteiger partial charge in [0.05, 0.1) is 7.11 Å². The topological polar surface area (TPSA) is 35.2 Å². The van der Waals surface area contributed by atoms with Crippen molar-refractivity contribution in [2.45, 2.75) is 25.3 Å². The van der Waals surface area contributed by atoms with Gasteiger partial charge in [-0.05, 0) is 54.0 Å². The smallest absolute Gasteiger partial charge is 0.118 e. The van der Waals surface area contributed by atoms with Gasteiger partial charge in [0, 0.05) is 6.04 Å². The van der Waals surface area contributed by atoms with Gasteiger partial charge in [0.2, 0.25) is 0 Å². The molecular formula is C18H21NO. The van der Waals surface area contributed by atoms with E-state index in [0.717, 1.165) is 18.6 Å². The molecule has 0 saturated heterocycles. The number of hydrogen-bond acceptors (Lipinski definition) is 2. The van der Waals surface area contributed by atoms with Gasteiger partial charge < -0.3 is 10.5 Å². The monoisotopic (exact) mass is 267 g/mol. The number of nitrogens with two attached hydrogens (primary N) is 1. The van der Waals surface area contributed by atoms with Crippen LogP contribution in [0.3, 0.4) is 0 Å². The highest BCUT2D eigenvalue weighted by Gasteiger charge is 2.24. The molecular weight excluding hydrogens is 246 g/mol. The molecule has 0 aliphatic heterocycles. The van der Waals surface area contributed by atoms with Crippen molar-refractivity contribution >= 4 is 0 Å². The molecule has 0 radical (unpaired) electrons. The van der Waals surface area contributed by atoms with Crippen LogP contribution in [0.5, 0.6) is 5.75 Å². The molecule has 0 amide bonds. The molecule has 0 saturated carbocycles. The molecule has 2 atom stereocenters. The molecule has 2 nitrogen and oxygen atoms in total. The Morgan fingerprint density at radius 3 is 2.45 bits per heavy atom. The average molecular weight is 267 g/mol. The molecule has 20 heavy (non-hydrogen) atoms. The molecule has 2 unspecified atom stereocenters. The zero-order valence-electron chi connectivity index (χ0n) is 11.9. The van der Waals surface area contributed by atoms with E-state index in [0.29, 0.717) is 5.92 Å². The van der Waals surface area contributed by atoms with E-state index in [9.17, 15) is 0 Å². The molecule has 0 fully saturated rings. The van der Waals surface area contributed by atoms with Crippen molar-refractivity contribution in [3.8, 4) is 5.75 Å². The first-order valence-electron chi connectivity index (χ1n) is 7.24. The largest absolute Gasteiger partial charge is 0.497 e. The lowest BCUT2D eigenvalue weighted by Crippen LogP contribution is -2.26. The molecule has 0 spiro atoms. The lowest BCUT2D eigenvalue weighted by Gasteiger charge is -2.29. The van der Waals surface area contributed by atoms with Crippen LogP contribution in [-0.4, -0.2) is 7.11 Å². The van der Waals surface area contributed by atoms with E-state index in [-0.39, 0.29) is 6.04 Å².